The number of pyridine rings is 2. The van der Waals surface area contributed by atoms with E-state index in [0.717, 1.165) is 26.0 Å². The van der Waals surface area contributed by atoms with Crippen molar-refractivity contribution in [3.63, 3.8) is 0 Å². The minimum absolute atomic E-state index is 0.245. The SMILES string of the molecule is CC(F)(F)c1nc(-c2cncc(F)c2)ccc1NC1CC1. The summed E-state index contributed by atoms with van der Waals surface area (Å²) < 4.78 is 40.7. The second-order valence-corrected chi connectivity index (χ2v) is 5.29. The van der Waals surface area contributed by atoms with Gasteiger partial charge in [0.25, 0.3) is 5.92 Å². The summed E-state index contributed by atoms with van der Waals surface area (Å²) in [6.07, 6.45) is 4.41. The van der Waals surface area contributed by atoms with Crippen LogP contribution >= 0.6 is 0 Å². The standard InChI is InChI=1S/C15H14F3N3/c1-15(17,18)14-13(20-11-2-3-11)5-4-12(21-14)9-6-10(16)8-19-7-9/h4-8,11,20H,2-3H2,1H3. The fourth-order valence-corrected chi connectivity index (χ4v) is 2.07. The summed E-state index contributed by atoms with van der Waals surface area (Å²) in [6, 6.07) is 4.63. The van der Waals surface area contributed by atoms with Gasteiger partial charge in [-0.1, -0.05) is 0 Å². The zero-order valence-corrected chi connectivity index (χ0v) is 11.4. The van der Waals surface area contributed by atoms with Crippen LogP contribution in [0.25, 0.3) is 11.3 Å². The molecule has 1 aliphatic carbocycles. The van der Waals surface area contributed by atoms with Crippen LogP contribution in [0.5, 0.6) is 0 Å². The number of nitrogens with zero attached hydrogens (tertiary/aromatic N) is 2. The van der Waals surface area contributed by atoms with E-state index in [1.807, 2.05) is 0 Å². The molecule has 2 aromatic heterocycles. The van der Waals surface area contributed by atoms with Gasteiger partial charge in [-0.15, -0.1) is 0 Å². The van der Waals surface area contributed by atoms with Crippen LogP contribution in [-0.2, 0) is 5.92 Å². The zero-order valence-electron chi connectivity index (χ0n) is 11.4. The van der Waals surface area contributed by atoms with Gasteiger partial charge < -0.3 is 5.32 Å². The van der Waals surface area contributed by atoms with E-state index in [-0.39, 0.29) is 17.4 Å². The molecule has 0 spiro atoms. The van der Waals surface area contributed by atoms with Gasteiger partial charge in [-0.2, -0.15) is 8.78 Å². The van der Waals surface area contributed by atoms with E-state index in [4.69, 9.17) is 0 Å². The largest absolute Gasteiger partial charge is 0.381 e. The Bertz CT molecular complexity index is 663. The lowest BCUT2D eigenvalue weighted by molar-refractivity contribution is 0.0137. The van der Waals surface area contributed by atoms with E-state index in [2.05, 4.69) is 15.3 Å². The topological polar surface area (TPSA) is 37.8 Å². The molecule has 0 aliphatic heterocycles. The van der Waals surface area contributed by atoms with Gasteiger partial charge in [0.2, 0.25) is 0 Å². The van der Waals surface area contributed by atoms with Gasteiger partial charge in [0.1, 0.15) is 11.5 Å². The van der Waals surface area contributed by atoms with Crippen molar-refractivity contribution in [2.24, 2.45) is 0 Å². The number of halogens is 3. The molecule has 2 heterocycles. The van der Waals surface area contributed by atoms with E-state index < -0.39 is 11.7 Å². The van der Waals surface area contributed by atoms with Crippen molar-refractivity contribution in [2.75, 3.05) is 5.32 Å². The third kappa shape index (κ3) is 3.15. The molecule has 0 bridgehead atoms. The second kappa shape index (κ2) is 5.02. The first-order chi connectivity index (χ1) is 9.93. The first-order valence-corrected chi connectivity index (χ1v) is 6.70. The molecule has 0 amide bonds. The van der Waals surface area contributed by atoms with Crippen LogP contribution in [0, 0.1) is 5.82 Å². The summed E-state index contributed by atoms with van der Waals surface area (Å²) in [4.78, 5) is 7.73. The molecule has 0 saturated heterocycles. The predicted octanol–water partition coefficient (Wildman–Crippen LogP) is 3.97. The molecule has 2 aromatic rings. The van der Waals surface area contributed by atoms with Crippen molar-refractivity contribution in [3.8, 4) is 11.3 Å². The van der Waals surface area contributed by atoms with Gasteiger partial charge in [-0.05, 0) is 31.0 Å². The normalized spacial score (nSPS) is 15.0. The van der Waals surface area contributed by atoms with E-state index in [1.165, 1.54) is 12.3 Å². The van der Waals surface area contributed by atoms with Crippen LogP contribution in [0.4, 0.5) is 18.9 Å². The molecule has 3 nitrogen and oxygen atoms in total. The number of aromatic nitrogens is 2. The molecule has 1 saturated carbocycles. The molecule has 0 radical (unpaired) electrons. The molecule has 6 heteroatoms. The number of nitrogens with one attached hydrogen (secondary N) is 1. The highest BCUT2D eigenvalue weighted by atomic mass is 19.3. The van der Waals surface area contributed by atoms with Crippen molar-refractivity contribution in [3.05, 3.63) is 42.1 Å². The lowest BCUT2D eigenvalue weighted by Gasteiger charge is -2.17. The summed E-state index contributed by atoms with van der Waals surface area (Å²) in [5.41, 5.74) is 0.660. The van der Waals surface area contributed by atoms with Gasteiger partial charge in [-0.25, -0.2) is 9.37 Å². The minimum atomic E-state index is -3.08. The maximum absolute atomic E-state index is 13.8. The molecule has 1 fully saturated rings. The Morgan fingerprint density at radius 2 is 2.00 bits per heavy atom. The number of anilines is 1. The minimum Gasteiger partial charge on any atom is -0.381 e. The fraction of sp³-hybridized carbons (Fsp3) is 0.333. The third-order valence-corrected chi connectivity index (χ3v) is 3.25. The Hall–Kier alpha value is -2.11. The Labute approximate surface area is 120 Å². The van der Waals surface area contributed by atoms with Gasteiger partial charge in [0.15, 0.2) is 0 Å². The number of hydrogen-bond acceptors (Lipinski definition) is 3. The number of rotatable bonds is 4. The fourth-order valence-electron chi connectivity index (χ4n) is 2.07. The summed E-state index contributed by atoms with van der Waals surface area (Å²) in [5, 5.41) is 3.05. The van der Waals surface area contributed by atoms with Gasteiger partial charge >= 0.3 is 0 Å². The molecule has 21 heavy (non-hydrogen) atoms. The second-order valence-electron chi connectivity index (χ2n) is 5.29. The smallest absolute Gasteiger partial charge is 0.289 e. The monoisotopic (exact) mass is 293 g/mol. The molecular formula is C15H14F3N3. The molecule has 0 atom stereocenters. The van der Waals surface area contributed by atoms with Crippen molar-refractivity contribution in [1.82, 2.24) is 9.97 Å². The van der Waals surface area contributed by atoms with Crippen LogP contribution in [0.1, 0.15) is 25.5 Å². The van der Waals surface area contributed by atoms with Crippen LogP contribution in [-0.4, -0.2) is 16.0 Å². The van der Waals surface area contributed by atoms with E-state index in [9.17, 15) is 13.2 Å². The Morgan fingerprint density at radius 3 is 2.62 bits per heavy atom. The quantitative estimate of drug-likeness (QED) is 0.927. The van der Waals surface area contributed by atoms with Gasteiger partial charge in [0.05, 0.1) is 17.6 Å². The lowest BCUT2D eigenvalue weighted by Crippen LogP contribution is -2.15. The van der Waals surface area contributed by atoms with E-state index in [1.54, 1.807) is 12.1 Å². The molecular weight excluding hydrogens is 279 g/mol. The molecule has 3 rings (SSSR count). The molecule has 0 unspecified atom stereocenters. The summed E-state index contributed by atoms with van der Waals surface area (Å²) >= 11 is 0. The van der Waals surface area contributed by atoms with Crippen molar-refractivity contribution in [2.45, 2.75) is 31.7 Å². The number of hydrogen-bond donors (Lipinski definition) is 1. The average molecular weight is 293 g/mol. The van der Waals surface area contributed by atoms with Crippen molar-refractivity contribution >= 4 is 5.69 Å². The first kappa shape index (κ1) is 13.9. The van der Waals surface area contributed by atoms with Gasteiger partial charge in [-0.3, -0.25) is 4.98 Å². The predicted molar refractivity (Wildman–Crippen MR) is 73.6 cm³/mol. The van der Waals surface area contributed by atoms with Gasteiger partial charge in [0, 0.05) is 24.7 Å². The van der Waals surface area contributed by atoms with Crippen LogP contribution in [0.3, 0.4) is 0 Å². The summed E-state index contributed by atoms with van der Waals surface area (Å²) in [7, 11) is 0. The summed E-state index contributed by atoms with van der Waals surface area (Å²) in [6.45, 7) is 0.807. The van der Waals surface area contributed by atoms with Crippen molar-refractivity contribution in [1.29, 1.82) is 0 Å². The number of alkyl halides is 2. The Balaban J connectivity index is 2.03. The highest BCUT2D eigenvalue weighted by Gasteiger charge is 2.32. The van der Waals surface area contributed by atoms with E-state index >= 15 is 0 Å². The Kier molecular flexibility index (Phi) is 3.31. The zero-order chi connectivity index (χ0) is 15.0. The molecule has 110 valence electrons. The summed E-state index contributed by atoms with van der Waals surface area (Å²) in [5.74, 6) is -3.60. The van der Waals surface area contributed by atoms with Crippen LogP contribution < -0.4 is 5.32 Å². The molecule has 1 aliphatic rings. The highest BCUT2D eigenvalue weighted by Crippen LogP contribution is 2.36. The van der Waals surface area contributed by atoms with Crippen molar-refractivity contribution < 1.29 is 13.2 Å². The highest BCUT2D eigenvalue weighted by molar-refractivity contribution is 5.63. The van der Waals surface area contributed by atoms with Crippen LogP contribution in [0.2, 0.25) is 0 Å². The lowest BCUT2D eigenvalue weighted by atomic mass is 10.1. The molecule has 1 N–H and O–H groups in total. The van der Waals surface area contributed by atoms with Crippen LogP contribution in [0.15, 0.2) is 30.6 Å². The maximum atomic E-state index is 13.8. The first-order valence-electron chi connectivity index (χ1n) is 6.70. The maximum Gasteiger partial charge on any atom is 0.289 e. The van der Waals surface area contributed by atoms with E-state index in [0.29, 0.717) is 11.3 Å². The molecule has 0 aromatic carbocycles. The Morgan fingerprint density at radius 1 is 1.24 bits per heavy atom. The third-order valence-electron chi connectivity index (χ3n) is 3.25. The average Bonchev–Trinajstić information content (AvgIpc) is 3.22.